The van der Waals surface area contributed by atoms with E-state index in [2.05, 4.69) is 35.1 Å². The van der Waals surface area contributed by atoms with E-state index in [9.17, 15) is 4.79 Å². The van der Waals surface area contributed by atoms with Crippen LogP contribution in [0, 0.1) is 5.92 Å². The fourth-order valence-corrected chi connectivity index (χ4v) is 3.23. The lowest BCUT2D eigenvalue weighted by Gasteiger charge is -2.20. The first-order valence-electron chi connectivity index (χ1n) is 6.37. The van der Waals surface area contributed by atoms with Crippen LogP contribution < -0.4 is 5.32 Å². The number of alkyl halides is 1. The van der Waals surface area contributed by atoms with Crippen LogP contribution in [0.1, 0.15) is 37.0 Å². The van der Waals surface area contributed by atoms with E-state index < -0.39 is 0 Å². The van der Waals surface area contributed by atoms with Crippen molar-refractivity contribution in [1.29, 1.82) is 0 Å². The molecule has 0 aliphatic heterocycles. The van der Waals surface area contributed by atoms with Gasteiger partial charge in [0.15, 0.2) is 0 Å². The highest BCUT2D eigenvalue weighted by molar-refractivity contribution is 9.09. The molecule has 19 heavy (non-hydrogen) atoms. The third-order valence-corrected chi connectivity index (χ3v) is 5.10. The lowest BCUT2D eigenvalue weighted by molar-refractivity contribution is 0.0952. The molecule has 0 saturated carbocycles. The van der Waals surface area contributed by atoms with Crippen LogP contribution in [0.3, 0.4) is 0 Å². The summed E-state index contributed by atoms with van der Waals surface area (Å²) in [4.78, 5) is 12.3. The summed E-state index contributed by atoms with van der Waals surface area (Å²) in [6.45, 7) is 4.88. The standard InChI is InChI=1S/C14H18BrCl2NO/c1-3-9(4-2)11(15)8-18-14(19)10-6-5-7-12(16)13(10)17/h5-7,9,11H,3-4,8H2,1-2H3,(H,18,19). The zero-order valence-electron chi connectivity index (χ0n) is 11.1. The molecular formula is C14H18BrCl2NO. The summed E-state index contributed by atoms with van der Waals surface area (Å²) in [6, 6.07) is 5.05. The van der Waals surface area contributed by atoms with Gasteiger partial charge in [-0.25, -0.2) is 0 Å². The minimum atomic E-state index is -0.192. The summed E-state index contributed by atoms with van der Waals surface area (Å²) in [5, 5.41) is 3.58. The molecule has 0 saturated heterocycles. The van der Waals surface area contributed by atoms with Gasteiger partial charge in [0.25, 0.3) is 5.91 Å². The number of amides is 1. The zero-order valence-corrected chi connectivity index (χ0v) is 14.1. The van der Waals surface area contributed by atoms with Crippen molar-refractivity contribution in [2.45, 2.75) is 31.5 Å². The van der Waals surface area contributed by atoms with E-state index in [-0.39, 0.29) is 10.7 Å². The van der Waals surface area contributed by atoms with Crippen molar-refractivity contribution < 1.29 is 4.79 Å². The van der Waals surface area contributed by atoms with Gasteiger partial charge in [0.05, 0.1) is 15.6 Å². The summed E-state index contributed by atoms with van der Waals surface area (Å²) in [5.41, 5.74) is 0.415. The minimum absolute atomic E-state index is 0.192. The minimum Gasteiger partial charge on any atom is -0.351 e. The van der Waals surface area contributed by atoms with Gasteiger partial charge in [-0.2, -0.15) is 0 Å². The van der Waals surface area contributed by atoms with Crippen molar-refractivity contribution in [3.63, 3.8) is 0 Å². The number of carbonyl (C=O) groups is 1. The predicted octanol–water partition coefficient (Wildman–Crippen LogP) is 4.92. The van der Waals surface area contributed by atoms with E-state index >= 15 is 0 Å². The average molecular weight is 367 g/mol. The molecule has 0 radical (unpaired) electrons. The maximum Gasteiger partial charge on any atom is 0.252 e. The Hall–Kier alpha value is -0.250. The van der Waals surface area contributed by atoms with Crippen LogP contribution in [0.25, 0.3) is 0 Å². The molecule has 0 fully saturated rings. The molecule has 1 atom stereocenters. The van der Waals surface area contributed by atoms with Gasteiger partial charge < -0.3 is 5.32 Å². The second-order valence-corrected chi connectivity index (χ2v) is 6.37. The number of hydrogen-bond acceptors (Lipinski definition) is 1. The second kappa shape index (κ2) is 8.13. The van der Waals surface area contributed by atoms with Crippen molar-refractivity contribution in [2.24, 2.45) is 5.92 Å². The Kier molecular flexibility index (Phi) is 7.19. The molecule has 1 unspecified atom stereocenters. The summed E-state index contributed by atoms with van der Waals surface area (Å²) in [6.07, 6.45) is 2.17. The number of rotatable bonds is 6. The lowest BCUT2D eigenvalue weighted by atomic mass is 9.99. The Balaban J connectivity index is 2.63. The molecule has 0 aliphatic carbocycles. The molecule has 1 rings (SSSR count). The van der Waals surface area contributed by atoms with E-state index in [1.54, 1.807) is 18.2 Å². The van der Waals surface area contributed by atoms with Gasteiger partial charge in [-0.3, -0.25) is 4.79 Å². The second-order valence-electron chi connectivity index (χ2n) is 4.40. The van der Waals surface area contributed by atoms with E-state index in [1.165, 1.54) is 0 Å². The Labute approximate surface area is 133 Å². The van der Waals surface area contributed by atoms with Gasteiger partial charge in [-0.1, -0.05) is 71.9 Å². The van der Waals surface area contributed by atoms with Gasteiger partial charge in [0.2, 0.25) is 0 Å². The molecule has 0 spiro atoms. The van der Waals surface area contributed by atoms with Gasteiger partial charge >= 0.3 is 0 Å². The monoisotopic (exact) mass is 365 g/mol. The topological polar surface area (TPSA) is 29.1 Å². The van der Waals surface area contributed by atoms with Gasteiger partial charge in [-0.15, -0.1) is 0 Å². The number of nitrogens with one attached hydrogen (secondary N) is 1. The highest BCUT2D eigenvalue weighted by atomic mass is 79.9. The first-order chi connectivity index (χ1) is 9.01. The maximum absolute atomic E-state index is 12.0. The smallest absolute Gasteiger partial charge is 0.252 e. The Morgan fingerprint density at radius 2 is 1.95 bits per heavy atom. The van der Waals surface area contributed by atoms with Crippen LogP contribution in [0.5, 0.6) is 0 Å². The van der Waals surface area contributed by atoms with Crippen LogP contribution in [0.4, 0.5) is 0 Å². The van der Waals surface area contributed by atoms with Crippen LogP contribution in [-0.4, -0.2) is 17.3 Å². The van der Waals surface area contributed by atoms with Crippen LogP contribution >= 0.6 is 39.1 Å². The molecule has 0 heterocycles. The molecule has 5 heteroatoms. The van der Waals surface area contributed by atoms with Gasteiger partial charge in [0, 0.05) is 11.4 Å². The third kappa shape index (κ3) is 4.66. The quantitative estimate of drug-likeness (QED) is 0.711. The number of hydrogen-bond donors (Lipinski definition) is 1. The van der Waals surface area contributed by atoms with Crippen LogP contribution in [-0.2, 0) is 0 Å². The normalized spacial score (nSPS) is 12.5. The Morgan fingerprint density at radius 3 is 2.53 bits per heavy atom. The fraction of sp³-hybridized carbons (Fsp3) is 0.500. The van der Waals surface area contributed by atoms with E-state index in [4.69, 9.17) is 23.2 Å². The molecule has 1 N–H and O–H groups in total. The summed E-state index contributed by atoms with van der Waals surface area (Å²) < 4.78 is 0. The first-order valence-corrected chi connectivity index (χ1v) is 8.04. The van der Waals surface area contributed by atoms with E-state index in [0.717, 1.165) is 12.8 Å². The van der Waals surface area contributed by atoms with Crippen molar-refractivity contribution in [2.75, 3.05) is 6.54 Å². The van der Waals surface area contributed by atoms with Crippen molar-refractivity contribution in [1.82, 2.24) is 5.32 Å². The summed E-state index contributed by atoms with van der Waals surface area (Å²) in [5.74, 6) is 0.359. The number of carbonyl (C=O) groups excluding carboxylic acids is 1. The average Bonchev–Trinajstić information content (AvgIpc) is 2.40. The zero-order chi connectivity index (χ0) is 14.4. The molecule has 1 aromatic carbocycles. The summed E-state index contributed by atoms with van der Waals surface area (Å²) >= 11 is 15.5. The molecular weight excluding hydrogens is 349 g/mol. The van der Waals surface area contributed by atoms with Gasteiger partial charge in [0.1, 0.15) is 0 Å². The van der Waals surface area contributed by atoms with Crippen LogP contribution in [0.15, 0.2) is 18.2 Å². The fourth-order valence-electron chi connectivity index (χ4n) is 1.93. The number of halogens is 3. The third-order valence-electron chi connectivity index (χ3n) is 3.21. The van der Waals surface area contributed by atoms with E-state index in [1.807, 2.05) is 0 Å². The highest BCUT2D eigenvalue weighted by Crippen LogP contribution is 2.25. The largest absolute Gasteiger partial charge is 0.351 e. The summed E-state index contributed by atoms with van der Waals surface area (Å²) in [7, 11) is 0. The number of benzene rings is 1. The Morgan fingerprint density at radius 1 is 1.32 bits per heavy atom. The first kappa shape index (κ1) is 16.8. The lowest BCUT2D eigenvalue weighted by Crippen LogP contribution is -2.33. The molecule has 2 nitrogen and oxygen atoms in total. The molecule has 1 amide bonds. The Bertz CT molecular complexity index is 435. The van der Waals surface area contributed by atoms with Gasteiger partial charge in [-0.05, 0) is 18.1 Å². The van der Waals surface area contributed by atoms with Crippen molar-refractivity contribution in [3.8, 4) is 0 Å². The SMILES string of the molecule is CCC(CC)C(Br)CNC(=O)c1cccc(Cl)c1Cl. The molecule has 0 aliphatic rings. The molecule has 0 bridgehead atoms. The van der Waals surface area contributed by atoms with Crippen LogP contribution in [0.2, 0.25) is 10.0 Å². The molecule has 0 aromatic heterocycles. The van der Waals surface area contributed by atoms with Crippen molar-refractivity contribution >= 4 is 45.0 Å². The maximum atomic E-state index is 12.0. The van der Waals surface area contributed by atoms with Crippen molar-refractivity contribution in [3.05, 3.63) is 33.8 Å². The van der Waals surface area contributed by atoms with E-state index in [0.29, 0.717) is 28.1 Å². The highest BCUT2D eigenvalue weighted by Gasteiger charge is 2.18. The molecule has 1 aromatic rings. The predicted molar refractivity (Wildman–Crippen MR) is 85.6 cm³/mol. The molecule has 106 valence electrons.